The van der Waals surface area contributed by atoms with Gasteiger partial charge in [-0.15, -0.1) is 5.11 Å². The van der Waals surface area contributed by atoms with Crippen molar-refractivity contribution < 1.29 is 102 Å². The van der Waals surface area contributed by atoms with Crippen molar-refractivity contribution in [2.75, 3.05) is 12.8 Å². The molecule has 216 valence electrons. The first kappa shape index (κ1) is 37.1. The van der Waals surface area contributed by atoms with E-state index in [0.717, 1.165) is 23.8 Å². The third-order valence-electron chi connectivity index (χ3n) is 5.84. The van der Waals surface area contributed by atoms with Gasteiger partial charge in [-0.2, -0.15) is 13.5 Å². The number of aryl methyl sites for hydroxylation is 2. The molecule has 4 aromatic carbocycles. The van der Waals surface area contributed by atoms with E-state index in [9.17, 15) is 34.4 Å². The van der Waals surface area contributed by atoms with E-state index in [1.165, 1.54) is 43.5 Å². The molecule has 4 rings (SSSR count). The number of rotatable bonds is 8. The Morgan fingerprint density at radius 3 is 1.77 bits per heavy atom. The van der Waals surface area contributed by atoms with Gasteiger partial charge in [-0.3, -0.25) is 0 Å². The summed E-state index contributed by atoms with van der Waals surface area (Å²) in [6, 6.07) is 11.5. The topological polar surface area (TPSA) is 218 Å². The number of methoxy groups -OCH3 is 1. The Morgan fingerprint density at radius 2 is 1.23 bits per heavy atom. The average Bonchev–Trinajstić information content (AvgIpc) is 2.86. The number of fused-ring (bicyclic) bond motifs is 1. The van der Waals surface area contributed by atoms with Crippen LogP contribution in [0.3, 0.4) is 0 Å². The van der Waals surface area contributed by atoms with Crippen LogP contribution in [0.1, 0.15) is 11.1 Å². The van der Waals surface area contributed by atoms with E-state index in [1.54, 1.807) is 13.8 Å². The Morgan fingerprint density at radius 1 is 0.698 bits per heavy atom. The maximum atomic E-state index is 13.1. The second-order valence-electron chi connectivity index (χ2n) is 8.80. The summed E-state index contributed by atoms with van der Waals surface area (Å²) in [6.45, 7) is 3.37. The second-order valence-corrected chi connectivity index (χ2v) is 13.1. The van der Waals surface area contributed by atoms with Crippen LogP contribution in [0.4, 0.5) is 17.1 Å². The van der Waals surface area contributed by atoms with Crippen LogP contribution < -0.4 is 73.8 Å². The fraction of sp³-hybridized carbons (Fsp3) is 0.120. The van der Waals surface area contributed by atoms with Crippen LogP contribution in [-0.2, 0) is 30.4 Å². The standard InChI is InChI=1S/C25H23N3O10S3.2Na/c1-14-4-6-17(7-5-14)41(35,36)38-24-12-19(40(32,33)34)10-16-9-18(39(29,30)31)11-22(25(16)24)28-27-21-13-23(37-3)20(26)8-15(21)2;;/h4-13H,26H2,1-3H3,(H,29,30,31)(H,32,33,34);;/q;2*+1/p-2. The van der Waals surface area contributed by atoms with Gasteiger partial charge in [0, 0.05) is 12.1 Å². The molecule has 2 N–H and O–H groups in total. The molecule has 0 aromatic heterocycles. The molecule has 0 heterocycles. The molecule has 0 unspecified atom stereocenters. The molecule has 4 aromatic rings. The van der Waals surface area contributed by atoms with E-state index >= 15 is 0 Å². The summed E-state index contributed by atoms with van der Waals surface area (Å²) < 4.78 is 108. The van der Waals surface area contributed by atoms with Crippen LogP contribution in [-0.4, -0.2) is 41.5 Å². The van der Waals surface area contributed by atoms with Gasteiger partial charge in [-0.25, -0.2) is 16.8 Å². The Hall–Kier alpha value is -2.09. The van der Waals surface area contributed by atoms with Crippen molar-refractivity contribution in [1.29, 1.82) is 0 Å². The maximum absolute atomic E-state index is 13.1. The first-order valence-corrected chi connectivity index (χ1v) is 15.6. The van der Waals surface area contributed by atoms with Crippen molar-refractivity contribution >= 4 is 58.2 Å². The zero-order valence-electron chi connectivity index (χ0n) is 23.6. The van der Waals surface area contributed by atoms with Crippen molar-refractivity contribution in [3.05, 3.63) is 71.8 Å². The molecular formula is C25H21N3Na2O10S3. The van der Waals surface area contributed by atoms with Gasteiger partial charge in [-0.1, -0.05) is 17.7 Å². The second kappa shape index (κ2) is 13.9. The first-order valence-electron chi connectivity index (χ1n) is 11.4. The van der Waals surface area contributed by atoms with Gasteiger partial charge in [-0.05, 0) is 61.2 Å². The average molecular weight is 666 g/mol. The third kappa shape index (κ3) is 8.55. The van der Waals surface area contributed by atoms with Gasteiger partial charge < -0.3 is 23.8 Å². The molecule has 0 atom stereocenters. The predicted octanol–water partition coefficient (Wildman–Crippen LogP) is -1.95. The molecule has 0 spiro atoms. The smallest absolute Gasteiger partial charge is 0.744 e. The maximum Gasteiger partial charge on any atom is 1.00 e. The molecule has 0 aliphatic rings. The van der Waals surface area contributed by atoms with E-state index in [1.807, 2.05) is 0 Å². The van der Waals surface area contributed by atoms with Gasteiger partial charge in [0.1, 0.15) is 30.9 Å². The Kier molecular flexibility index (Phi) is 12.0. The van der Waals surface area contributed by atoms with Crippen LogP contribution in [0.2, 0.25) is 0 Å². The molecule has 0 amide bonds. The van der Waals surface area contributed by atoms with Gasteiger partial charge in [0.25, 0.3) is 0 Å². The van der Waals surface area contributed by atoms with E-state index in [-0.39, 0.29) is 91.9 Å². The zero-order chi connectivity index (χ0) is 30.3. The molecule has 0 aliphatic heterocycles. The summed E-state index contributed by atoms with van der Waals surface area (Å²) >= 11 is 0. The van der Waals surface area contributed by atoms with Crippen LogP contribution >= 0.6 is 0 Å². The minimum absolute atomic E-state index is 0. The summed E-state index contributed by atoms with van der Waals surface area (Å²) in [5.41, 5.74) is 7.31. The van der Waals surface area contributed by atoms with E-state index in [0.29, 0.717) is 17.3 Å². The molecule has 43 heavy (non-hydrogen) atoms. The Labute approximate surface area is 292 Å². The van der Waals surface area contributed by atoms with Crippen molar-refractivity contribution in [2.45, 2.75) is 28.5 Å². The number of nitrogens with two attached hydrogens (primary N) is 1. The van der Waals surface area contributed by atoms with Crippen LogP contribution in [0, 0.1) is 13.8 Å². The zero-order valence-corrected chi connectivity index (χ0v) is 30.0. The van der Waals surface area contributed by atoms with Crippen molar-refractivity contribution in [3.8, 4) is 11.5 Å². The summed E-state index contributed by atoms with van der Waals surface area (Å²) in [7, 11) is -13.6. The molecule has 0 bridgehead atoms. The van der Waals surface area contributed by atoms with Gasteiger partial charge in [0.05, 0.1) is 39.3 Å². The fourth-order valence-electron chi connectivity index (χ4n) is 3.80. The molecular weight excluding hydrogens is 644 g/mol. The molecule has 0 saturated carbocycles. The van der Waals surface area contributed by atoms with E-state index in [4.69, 9.17) is 14.7 Å². The Bertz CT molecular complexity index is 2050. The van der Waals surface area contributed by atoms with Crippen LogP contribution in [0.15, 0.2) is 85.6 Å². The SMILES string of the molecule is COc1cc(N=Nc2cc(S(=O)(=O)[O-])cc3cc(S(=O)(=O)[O-])cc(OS(=O)(=O)c4ccc(C)cc4)c23)c(C)cc1N.[Na+].[Na+]. The van der Waals surface area contributed by atoms with E-state index in [2.05, 4.69) is 10.2 Å². The summed E-state index contributed by atoms with van der Waals surface area (Å²) in [6.07, 6.45) is 0. The third-order valence-corrected chi connectivity index (χ3v) is 8.71. The van der Waals surface area contributed by atoms with Crippen molar-refractivity contribution in [2.24, 2.45) is 10.2 Å². The van der Waals surface area contributed by atoms with E-state index < -0.39 is 45.9 Å². The minimum atomic E-state index is -5.21. The van der Waals surface area contributed by atoms with Crippen molar-refractivity contribution in [1.82, 2.24) is 0 Å². The van der Waals surface area contributed by atoms with Gasteiger partial charge in [0.2, 0.25) is 0 Å². The molecule has 0 saturated heterocycles. The minimum Gasteiger partial charge on any atom is -0.744 e. The number of nitrogens with zero attached hydrogens (tertiary/aromatic N) is 2. The van der Waals surface area contributed by atoms with Crippen molar-refractivity contribution in [3.63, 3.8) is 0 Å². The molecule has 0 aliphatic carbocycles. The number of azo groups is 1. The molecule has 13 nitrogen and oxygen atoms in total. The molecule has 0 radical (unpaired) electrons. The number of hydrogen-bond donors (Lipinski definition) is 1. The number of ether oxygens (including phenoxy) is 1. The number of hydrogen-bond acceptors (Lipinski definition) is 13. The van der Waals surface area contributed by atoms with Gasteiger partial charge >= 0.3 is 69.2 Å². The van der Waals surface area contributed by atoms with Crippen LogP contribution in [0.25, 0.3) is 10.8 Å². The monoisotopic (exact) mass is 665 g/mol. The number of benzene rings is 4. The summed E-state index contributed by atoms with van der Waals surface area (Å²) in [5.74, 6) is -0.420. The fourth-order valence-corrected chi connectivity index (χ4v) is 5.78. The molecule has 18 heteroatoms. The summed E-state index contributed by atoms with van der Waals surface area (Å²) in [4.78, 5) is -2.09. The quantitative estimate of drug-likeness (QED) is 0.0717. The number of anilines is 1. The number of nitrogen functional groups attached to an aromatic ring is 1. The Balaban J connectivity index is 0.00000323. The molecule has 0 fully saturated rings. The summed E-state index contributed by atoms with van der Waals surface area (Å²) in [5, 5.41) is 7.53. The van der Waals surface area contributed by atoms with Crippen LogP contribution in [0.5, 0.6) is 11.5 Å². The largest absolute Gasteiger partial charge is 1.00 e. The van der Waals surface area contributed by atoms with Gasteiger partial charge in [0.15, 0.2) is 5.75 Å². The predicted molar refractivity (Wildman–Crippen MR) is 145 cm³/mol. The first-order chi connectivity index (χ1) is 19.0. The normalized spacial score (nSPS) is 12.0.